The molecule has 4 rings (SSSR count). The zero-order valence-electron chi connectivity index (χ0n) is 16.8. The van der Waals surface area contributed by atoms with Gasteiger partial charge < -0.3 is 9.64 Å². The van der Waals surface area contributed by atoms with Crippen LogP contribution in [0.3, 0.4) is 0 Å². The largest absolute Gasteiger partial charge is 0.497 e. The molecule has 3 aromatic rings. The van der Waals surface area contributed by atoms with E-state index >= 15 is 0 Å². The van der Waals surface area contributed by atoms with Crippen molar-refractivity contribution in [1.82, 2.24) is 14.8 Å². The molecule has 0 aliphatic carbocycles. The molecule has 0 spiro atoms. The Kier molecular flexibility index (Phi) is 6.28. The number of aryl methyl sites for hydroxylation is 1. The molecule has 3 heterocycles. The van der Waals surface area contributed by atoms with Gasteiger partial charge in [0, 0.05) is 43.7 Å². The van der Waals surface area contributed by atoms with Gasteiger partial charge in [-0.05, 0) is 42.5 Å². The average Bonchev–Trinajstić information content (AvgIpc) is 3.34. The molecule has 29 heavy (non-hydrogen) atoms. The molecule has 0 radical (unpaired) electrons. The van der Waals surface area contributed by atoms with Crippen LogP contribution in [0.5, 0.6) is 5.75 Å². The van der Waals surface area contributed by atoms with Crippen molar-refractivity contribution in [3.63, 3.8) is 0 Å². The molecule has 1 amide bonds. The number of thiazole rings is 1. The van der Waals surface area contributed by atoms with E-state index in [-0.39, 0.29) is 5.91 Å². The number of aromatic nitrogens is 1. The minimum Gasteiger partial charge on any atom is -0.497 e. The molecule has 2 aromatic heterocycles. The Labute approximate surface area is 179 Å². The lowest BCUT2D eigenvalue weighted by Gasteiger charge is -2.22. The van der Waals surface area contributed by atoms with Crippen molar-refractivity contribution in [2.24, 2.45) is 0 Å². The maximum absolute atomic E-state index is 13.2. The highest BCUT2D eigenvalue weighted by molar-refractivity contribution is 7.17. The quantitative estimate of drug-likeness (QED) is 0.600. The minimum absolute atomic E-state index is 0.118. The number of methoxy groups -OCH3 is 1. The lowest BCUT2D eigenvalue weighted by molar-refractivity contribution is 0.0765. The molecule has 1 aliphatic heterocycles. The smallest absolute Gasteiger partial charge is 0.265 e. The Morgan fingerprint density at radius 2 is 1.97 bits per heavy atom. The van der Waals surface area contributed by atoms with Crippen LogP contribution in [0.25, 0.3) is 10.6 Å². The molecule has 0 N–H and O–H groups in total. The topological polar surface area (TPSA) is 45.7 Å². The summed E-state index contributed by atoms with van der Waals surface area (Å²) < 4.78 is 5.24. The van der Waals surface area contributed by atoms with E-state index < -0.39 is 0 Å². The van der Waals surface area contributed by atoms with Gasteiger partial charge in [0.05, 0.1) is 12.8 Å². The maximum atomic E-state index is 13.2. The van der Waals surface area contributed by atoms with Crippen LogP contribution >= 0.6 is 22.7 Å². The summed E-state index contributed by atoms with van der Waals surface area (Å²) >= 11 is 3.16. The van der Waals surface area contributed by atoms with E-state index in [1.54, 1.807) is 18.4 Å². The molecule has 0 bridgehead atoms. The molecule has 1 fully saturated rings. The Morgan fingerprint density at radius 1 is 1.14 bits per heavy atom. The molecule has 1 aromatic carbocycles. The van der Waals surface area contributed by atoms with Gasteiger partial charge in [-0.15, -0.1) is 11.3 Å². The van der Waals surface area contributed by atoms with Gasteiger partial charge in [0.2, 0.25) is 0 Å². The average molecular weight is 428 g/mol. The van der Waals surface area contributed by atoms with E-state index in [0.717, 1.165) is 66.0 Å². The highest BCUT2D eigenvalue weighted by Gasteiger charge is 2.24. The zero-order chi connectivity index (χ0) is 20.2. The van der Waals surface area contributed by atoms with Crippen LogP contribution in [0.15, 0.2) is 41.1 Å². The third-order valence-corrected chi connectivity index (χ3v) is 7.08. The number of benzene rings is 1. The van der Waals surface area contributed by atoms with Crippen molar-refractivity contribution in [3.05, 3.63) is 57.2 Å². The summed E-state index contributed by atoms with van der Waals surface area (Å²) in [5.74, 6) is 0.996. The van der Waals surface area contributed by atoms with Gasteiger partial charge in [-0.3, -0.25) is 9.69 Å². The van der Waals surface area contributed by atoms with Crippen LogP contribution in [-0.2, 0) is 6.54 Å². The molecular formula is C22H25N3O2S2. The van der Waals surface area contributed by atoms with Gasteiger partial charge in [-0.2, -0.15) is 11.3 Å². The number of amides is 1. The molecule has 1 aliphatic rings. The number of thiophene rings is 1. The first-order valence-corrected chi connectivity index (χ1v) is 11.5. The molecule has 5 nitrogen and oxygen atoms in total. The van der Waals surface area contributed by atoms with Gasteiger partial charge in [-0.1, -0.05) is 12.1 Å². The third-order valence-electron chi connectivity index (χ3n) is 5.20. The summed E-state index contributed by atoms with van der Waals surface area (Å²) in [6, 6.07) is 10.3. The van der Waals surface area contributed by atoms with E-state index in [0.29, 0.717) is 0 Å². The predicted octanol–water partition coefficient (Wildman–Crippen LogP) is 4.54. The van der Waals surface area contributed by atoms with Crippen LogP contribution in [0.4, 0.5) is 0 Å². The van der Waals surface area contributed by atoms with Gasteiger partial charge >= 0.3 is 0 Å². The Bertz CT molecular complexity index is 951. The summed E-state index contributed by atoms with van der Waals surface area (Å²) in [6.45, 7) is 6.26. The lowest BCUT2D eigenvalue weighted by atomic mass is 10.2. The van der Waals surface area contributed by atoms with Crippen molar-refractivity contribution in [2.75, 3.05) is 33.3 Å². The summed E-state index contributed by atoms with van der Waals surface area (Å²) in [5.41, 5.74) is 3.20. The first-order valence-electron chi connectivity index (χ1n) is 9.78. The number of hydrogen-bond donors (Lipinski definition) is 0. The second kappa shape index (κ2) is 9.07. The summed E-state index contributed by atoms with van der Waals surface area (Å²) in [5, 5.41) is 5.05. The lowest BCUT2D eigenvalue weighted by Crippen LogP contribution is -2.35. The van der Waals surface area contributed by atoms with Crippen molar-refractivity contribution in [3.8, 4) is 16.3 Å². The Hall–Kier alpha value is -2.22. The van der Waals surface area contributed by atoms with Crippen LogP contribution in [0, 0.1) is 6.92 Å². The molecule has 7 heteroatoms. The molecule has 1 saturated heterocycles. The second-order valence-corrected chi connectivity index (χ2v) is 8.99. The summed E-state index contributed by atoms with van der Waals surface area (Å²) in [7, 11) is 1.68. The molecular weight excluding hydrogens is 402 g/mol. The number of carbonyl (C=O) groups excluding carboxylic acids is 1. The van der Waals surface area contributed by atoms with Crippen LogP contribution in [-0.4, -0.2) is 54.0 Å². The van der Waals surface area contributed by atoms with E-state index in [1.807, 2.05) is 29.3 Å². The highest BCUT2D eigenvalue weighted by Crippen LogP contribution is 2.30. The summed E-state index contributed by atoms with van der Waals surface area (Å²) in [6.07, 6.45) is 0.983. The highest BCUT2D eigenvalue weighted by atomic mass is 32.1. The predicted molar refractivity (Wildman–Crippen MR) is 119 cm³/mol. The van der Waals surface area contributed by atoms with Gasteiger partial charge in [0.1, 0.15) is 15.6 Å². The first kappa shape index (κ1) is 20.1. The number of carbonyl (C=O) groups is 1. The molecule has 0 saturated carbocycles. The normalized spacial score (nSPS) is 15.3. The fourth-order valence-corrected chi connectivity index (χ4v) is 5.32. The number of nitrogens with zero attached hydrogens (tertiary/aromatic N) is 3. The van der Waals surface area contributed by atoms with Crippen molar-refractivity contribution in [1.29, 1.82) is 0 Å². The second-order valence-electron chi connectivity index (χ2n) is 7.22. The molecule has 0 atom stereocenters. The Balaban J connectivity index is 1.39. The van der Waals surface area contributed by atoms with Gasteiger partial charge in [-0.25, -0.2) is 4.98 Å². The SMILES string of the molecule is COc1ccc(CN2CCCN(C(=O)c3sc(-c4ccsc4)nc3C)CC2)cc1. The minimum atomic E-state index is 0.118. The van der Waals surface area contributed by atoms with Crippen molar-refractivity contribution in [2.45, 2.75) is 19.9 Å². The molecule has 152 valence electrons. The van der Waals surface area contributed by atoms with Crippen molar-refractivity contribution >= 4 is 28.6 Å². The zero-order valence-corrected chi connectivity index (χ0v) is 18.4. The van der Waals surface area contributed by atoms with Gasteiger partial charge in [0.15, 0.2) is 0 Å². The summed E-state index contributed by atoms with van der Waals surface area (Å²) in [4.78, 5) is 23.0. The fourth-order valence-electron chi connectivity index (χ4n) is 3.57. The van der Waals surface area contributed by atoms with E-state index in [1.165, 1.54) is 16.9 Å². The van der Waals surface area contributed by atoms with Crippen LogP contribution in [0.2, 0.25) is 0 Å². The monoisotopic (exact) mass is 427 g/mol. The standard InChI is InChI=1S/C22H25N3O2S2/c1-16-20(29-21(23-16)18-8-13-28-15-18)22(26)25-10-3-9-24(11-12-25)14-17-4-6-19(27-2)7-5-17/h4-8,13,15H,3,9-12,14H2,1-2H3. The fraction of sp³-hybridized carbons (Fsp3) is 0.364. The van der Waals surface area contributed by atoms with Crippen molar-refractivity contribution < 1.29 is 9.53 Å². The van der Waals surface area contributed by atoms with E-state index in [2.05, 4.69) is 33.5 Å². The van der Waals surface area contributed by atoms with Gasteiger partial charge in [0.25, 0.3) is 5.91 Å². The van der Waals surface area contributed by atoms with Crippen LogP contribution in [0.1, 0.15) is 27.3 Å². The maximum Gasteiger partial charge on any atom is 0.265 e. The number of hydrogen-bond acceptors (Lipinski definition) is 6. The van der Waals surface area contributed by atoms with E-state index in [9.17, 15) is 4.79 Å². The number of rotatable bonds is 5. The first-order chi connectivity index (χ1) is 14.1. The molecule has 0 unspecified atom stereocenters. The van der Waals surface area contributed by atoms with Crippen LogP contribution < -0.4 is 4.74 Å². The number of ether oxygens (including phenoxy) is 1. The third kappa shape index (κ3) is 4.69. The Morgan fingerprint density at radius 3 is 2.69 bits per heavy atom. The van der Waals surface area contributed by atoms with E-state index in [4.69, 9.17) is 4.74 Å².